The van der Waals surface area contributed by atoms with Crippen LogP contribution in [0.15, 0.2) is 12.1 Å². The van der Waals surface area contributed by atoms with Gasteiger partial charge in [0.1, 0.15) is 4.84 Å². The molecule has 0 nitrogen and oxygen atoms in total. The van der Waals surface area contributed by atoms with Crippen LogP contribution in [0.4, 0.5) is 0 Å². The first-order chi connectivity index (χ1) is 5.13. The Kier molecular flexibility index (Phi) is 3.32. The van der Waals surface area contributed by atoms with Crippen LogP contribution in [0.25, 0.3) is 0 Å². The molecule has 0 aliphatic carbocycles. The highest BCUT2D eigenvalue weighted by molar-refractivity contribution is 6.47. The molecule has 1 aromatic carbocycles. The van der Waals surface area contributed by atoms with Crippen LogP contribution in [0.5, 0.6) is 0 Å². The van der Waals surface area contributed by atoms with Crippen molar-refractivity contribution < 1.29 is 0 Å². The zero-order valence-corrected chi connectivity index (χ0v) is 8.27. The second kappa shape index (κ2) is 3.86. The Balaban J connectivity index is 3.17. The lowest BCUT2D eigenvalue weighted by molar-refractivity contribution is 1.35. The molecule has 0 amide bonds. The van der Waals surface area contributed by atoms with Crippen molar-refractivity contribution in [1.29, 1.82) is 0 Å². The van der Waals surface area contributed by atoms with Gasteiger partial charge in [0.25, 0.3) is 0 Å². The summed E-state index contributed by atoms with van der Waals surface area (Å²) >= 11 is 22.6. The summed E-state index contributed by atoms with van der Waals surface area (Å²) in [5.74, 6) is 0. The number of hydrogen-bond acceptors (Lipinski definition) is 0. The minimum Gasteiger partial charge on any atom is -0.100 e. The van der Waals surface area contributed by atoms with Crippen LogP contribution >= 0.6 is 46.4 Å². The number of hydrogen-bond donors (Lipinski definition) is 0. The Morgan fingerprint density at radius 1 is 1.27 bits per heavy atom. The number of alkyl halides is 2. The predicted molar refractivity (Wildman–Crippen MR) is 49.7 cm³/mol. The minimum absolute atomic E-state index is 0.343. The monoisotopic (exact) mass is 227 g/mol. The molecule has 0 heterocycles. The van der Waals surface area contributed by atoms with Crippen molar-refractivity contribution >= 4 is 46.4 Å². The van der Waals surface area contributed by atoms with Gasteiger partial charge in [0.05, 0.1) is 10.0 Å². The summed E-state index contributed by atoms with van der Waals surface area (Å²) in [4.78, 5) is -0.644. The van der Waals surface area contributed by atoms with Crippen LogP contribution < -0.4 is 0 Å². The third-order valence-electron chi connectivity index (χ3n) is 1.15. The van der Waals surface area contributed by atoms with E-state index in [0.717, 1.165) is 0 Å². The summed E-state index contributed by atoms with van der Waals surface area (Å²) in [6, 6.07) is 6.02. The molecule has 0 aliphatic rings. The normalized spacial score (nSPS) is 10.6. The lowest BCUT2D eigenvalue weighted by Crippen LogP contribution is -1.83. The second-order valence-electron chi connectivity index (χ2n) is 1.86. The van der Waals surface area contributed by atoms with Gasteiger partial charge in [0.15, 0.2) is 0 Å². The SMILES string of the molecule is Clc1[c]ccc(C(Cl)Cl)c1Cl. The Morgan fingerprint density at radius 2 is 1.91 bits per heavy atom. The van der Waals surface area contributed by atoms with Crippen molar-refractivity contribution in [2.45, 2.75) is 4.84 Å². The molecule has 0 saturated carbocycles. The third kappa shape index (κ3) is 2.16. The maximum Gasteiger partial charge on any atom is 0.134 e. The quantitative estimate of drug-likeness (QED) is 0.630. The Labute approximate surface area is 85.0 Å². The van der Waals surface area contributed by atoms with Crippen LogP contribution in [0.1, 0.15) is 10.4 Å². The third-order valence-corrected chi connectivity index (χ3v) is 2.43. The zero-order chi connectivity index (χ0) is 8.43. The molecule has 1 rings (SSSR count). The maximum atomic E-state index is 5.76. The van der Waals surface area contributed by atoms with Gasteiger partial charge in [-0.15, -0.1) is 23.2 Å². The molecule has 0 unspecified atom stereocenters. The fourth-order valence-corrected chi connectivity index (χ4v) is 1.51. The van der Waals surface area contributed by atoms with Gasteiger partial charge >= 0.3 is 0 Å². The zero-order valence-electron chi connectivity index (χ0n) is 5.24. The molecule has 1 aromatic rings. The lowest BCUT2D eigenvalue weighted by Gasteiger charge is -2.04. The van der Waals surface area contributed by atoms with Gasteiger partial charge in [-0.1, -0.05) is 35.3 Å². The summed E-state index contributed by atoms with van der Waals surface area (Å²) in [5, 5.41) is 0.708. The van der Waals surface area contributed by atoms with E-state index in [4.69, 9.17) is 46.4 Å². The first-order valence-electron chi connectivity index (χ1n) is 2.76. The van der Waals surface area contributed by atoms with E-state index in [-0.39, 0.29) is 0 Å². The Bertz CT molecular complexity index is 257. The van der Waals surface area contributed by atoms with Crippen LogP contribution in [0.2, 0.25) is 10.0 Å². The maximum absolute atomic E-state index is 5.76. The Hall–Kier alpha value is 0.380. The summed E-state index contributed by atoms with van der Waals surface area (Å²) in [6.45, 7) is 0. The largest absolute Gasteiger partial charge is 0.134 e. The molecule has 0 N–H and O–H groups in total. The number of benzene rings is 1. The fourth-order valence-electron chi connectivity index (χ4n) is 0.636. The van der Waals surface area contributed by atoms with Crippen molar-refractivity contribution in [3.63, 3.8) is 0 Å². The van der Waals surface area contributed by atoms with Gasteiger partial charge in [0.2, 0.25) is 0 Å². The van der Waals surface area contributed by atoms with Gasteiger partial charge in [-0.2, -0.15) is 0 Å². The molecule has 4 heteroatoms. The molecule has 59 valence electrons. The van der Waals surface area contributed by atoms with Crippen LogP contribution in [-0.4, -0.2) is 0 Å². The van der Waals surface area contributed by atoms with E-state index in [1.165, 1.54) is 0 Å². The standard InChI is InChI=1S/C7H3Cl4/c8-5-3-1-2-4(6(5)9)7(10)11/h1-2,7H. The van der Waals surface area contributed by atoms with Crippen LogP contribution in [0, 0.1) is 6.07 Å². The van der Waals surface area contributed by atoms with Gasteiger partial charge in [0, 0.05) is 11.6 Å². The molecule has 1 radical (unpaired) electrons. The van der Waals surface area contributed by atoms with Crippen molar-refractivity contribution in [3.8, 4) is 0 Å². The van der Waals surface area contributed by atoms with E-state index in [2.05, 4.69) is 6.07 Å². The Morgan fingerprint density at radius 3 is 2.36 bits per heavy atom. The average molecular weight is 229 g/mol. The summed E-state index contributed by atoms with van der Waals surface area (Å²) in [6.07, 6.45) is 0. The van der Waals surface area contributed by atoms with Crippen molar-refractivity contribution in [2.24, 2.45) is 0 Å². The van der Waals surface area contributed by atoms with Crippen LogP contribution in [0.3, 0.4) is 0 Å². The average Bonchev–Trinajstić information content (AvgIpc) is 1.94. The van der Waals surface area contributed by atoms with Gasteiger partial charge in [-0.3, -0.25) is 0 Å². The van der Waals surface area contributed by atoms with E-state index < -0.39 is 4.84 Å². The lowest BCUT2D eigenvalue weighted by atomic mass is 10.2. The predicted octanol–water partition coefficient (Wildman–Crippen LogP) is 4.27. The van der Waals surface area contributed by atoms with Gasteiger partial charge < -0.3 is 0 Å². The van der Waals surface area contributed by atoms with Gasteiger partial charge in [-0.25, -0.2) is 0 Å². The fraction of sp³-hybridized carbons (Fsp3) is 0.143. The smallest absolute Gasteiger partial charge is 0.100 e. The van der Waals surface area contributed by atoms with Crippen molar-refractivity contribution in [1.82, 2.24) is 0 Å². The topological polar surface area (TPSA) is 0 Å². The van der Waals surface area contributed by atoms with E-state index in [0.29, 0.717) is 15.6 Å². The summed E-state index contributed by atoms with van der Waals surface area (Å²) in [7, 11) is 0. The summed E-state index contributed by atoms with van der Waals surface area (Å²) in [5.41, 5.74) is 0.610. The van der Waals surface area contributed by atoms with E-state index in [1.807, 2.05) is 0 Å². The molecular formula is C7H3Cl4. The van der Waals surface area contributed by atoms with Crippen molar-refractivity contribution in [2.75, 3.05) is 0 Å². The van der Waals surface area contributed by atoms with E-state index in [9.17, 15) is 0 Å². The number of halogens is 4. The molecule has 0 aromatic heterocycles. The molecule has 0 bridgehead atoms. The van der Waals surface area contributed by atoms with Gasteiger partial charge in [-0.05, 0) is 0 Å². The molecular weight excluding hydrogens is 226 g/mol. The molecule has 0 fully saturated rings. The number of rotatable bonds is 1. The molecule has 11 heavy (non-hydrogen) atoms. The highest BCUT2D eigenvalue weighted by atomic mass is 35.5. The van der Waals surface area contributed by atoms with E-state index >= 15 is 0 Å². The van der Waals surface area contributed by atoms with E-state index in [1.54, 1.807) is 12.1 Å². The molecule has 0 atom stereocenters. The minimum atomic E-state index is -0.644. The first kappa shape index (κ1) is 9.47. The van der Waals surface area contributed by atoms with Crippen molar-refractivity contribution in [3.05, 3.63) is 33.8 Å². The second-order valence-corrected chi connectivity index (χ2v) is 3.71. The highest BCUT2D eigenvalue weighted by Gasteiger charge is 2.10. The highest BCUT2D eigenvalue weighted by Crippen LogP contribution is 2.34. The molecule has 0 saturated heterocycles. The molecule has 0 aliphatic heterocycles. The first-order valence-corrected chi connectivity index (χ1v) is 4.39. The molecule has 0 spiro atoms. The summed E-state index contributed by atoms with van der Waals surface area (Å²) < 4.78 is 0. The van der Waals surface area contributed by atoms with Crippen LogP contribution in [-0.2, 0) is 0 Å².